The molecule has 0 radical (unpaired) electrons. The largest absolute Gasteiger partial charge is 0.352 e. The average molecular weight is 252 g/mol. The second kappa shape index (κ2) is 4.52. The van der Waals surface area contributed by atoms with Gasteiger partial charge in [-0.1, -0.05) is 18.2 Å². The van der Waals surface area contributed by atoms with E-state index in [1.165, 1.54) is 0 Å². The molecule has 0 spiro atoms. The van der Waals surface area contributed by atoms with Gasteiger partial charge in [0.2, 0.25) is 0 Å². The van der Waals surface area contributed by atoms with Crippen LogP contribution in [0.5, 0.6) is 0 Å². The van der Waals surface area contributed by atoms with Crippen LogP contribution >= 0.6 is 0 Å². The van der Waals surface area contributed by atoms with E-state index < -0.39 is 0 Å². The third kappa shape index (κ3) is 2.02. The number of aromatic nitrogens is 1. The Balaban J connectivity index is 1.97. The van der Waals surface area contributed by atoms with Crippen LogP contribution in [0.1, 0.15) is 5.56 Å². The maximum atomic E-state index is 9.29. The van der Waals surface area contributed by atoms with E-state index in [0.29, 0.717) is 11.6 Å². The molecule has 1 aromatic carbocycles. The second-order valence-electron chi connectivity index (χ2n) is 5.19. The highest BCUT2D eigenvalue weighted by Crippen LogP contribution is 2.27. The third-order valence-electron chi connectivity index (χ3n) is 3.72. The van der Waals surface area contributed by atoms with E-state index in [0.717, 1.165) is 29.8 Å². The number of nitrogens with zero attached hydrogens (tertiary/aromatic N) is 4. The highest BCUT2D eigenvalue weighted by atomic mass is 15.3. The molecule has 0 aliphatic carbocycles. The summed E-state index contributed by atoms with van der Waals surface area (Å²) >= 11 is 0. The Kier molecular flexibility index (Phi) is 2.84. The Labute approximate surface area is 112 Å². The summed E-state index contributed by atoms with van der Waals surface area (Å²) in [6, 6.07) is 12.7. The summed E-state index contributed by atoms with van der Waals surface area (Å²) in [6.07, 6.45) is 0. The molecule has 1 aliphatic heterocycles. The maximum absolute atomic E-state index is 9.29. The Bertz CT molecular complexity index is 651. The summed E-state index contributed by atoms with van der Waals surface area (Å²) in [5.74, 6) is 0.819. The van der Waals surface area contributed by atoms with Crippen LogP contribution in [-0.2, 0) is 0 Å². The van der Waals surface area contributed by atoms with E-state index in [-0.39, 0.29) is 0 Å². The summed E-state index contributed by atoms with van der Waals surface area (Å²) < 4.78 is 0. The van der Waals surface area contributed by atoms with E-state index in [4.69, 9.17) is 0 Å². The van der Waals surface area contributed by atoms with Gasteiger partial charge in [-0.3, -0.25) is 0 Å². The van der Waals surface area contributed by atoms with Gasteiger partial charge in [0.05, 0.1) is 11.1 Å². The lowest BCUT2D eigenvalue weighted by atomic mass is 10.1. The molecule has 4 heteroatoms. The molecule has 19 heavy (non-hydrogen) atoms. The van der Waals surface area contributed by atoms with Crippen LogP contribution in [0.25, 0.3) is 10.9 Å². The summed E-state index contributed by atoms with van der Waals surface area (Å²) in [5, 5.41) is 10.3. The van der Waals surface area contributed by atoms with E-state index in [1.807, 2.05) is 30.3 Å². The fraction of sp³-hybridized carbons (Fsp3) is 0.333. The molecule has 0 saturated carbocycles. The monoisotopic (exact) mass is 252 g/mol. The summed E-state index contributed by atoms with van der Waals surface area (Å²) in [4.78, 5) is 9.03. The van der Waals surface area contributed by atoms with E-state index in [9.17, 15) is 5.26 Å². The van der Waals surface area contributed by atoms with Gasteiger partial charge in [-0.05, 0) is 26.2 Å². The van der Waals surface area contributed by atoms with Gasteiger partial charge in [-0.25, -0.2) is 4.98 Å². The lowest BCUT2D eigenvalue weighted by Gasteiger charge is -2.43. The van der Waals surface area contributed by atoms with Gasteiger partial charge in [-0.15, -0.1) is 0 Å². The minimum Gasteiger partial charge on any atom is -0.352 e. The molecule has 1 saturated heterocycles. The van der Waals surface area contributed by atoms with Crippen molar-refractivity contribution in [2.75, 3.05) is 32.1 Å². The predicted octanol–water partition coefficient (Wildman–Crippen LogP) is 1.86. The highest BCUT2D eigenvalue weighted by Gasteiger charge is 2.30. The predicted molar refractivity (Wildman–Crippen MR) is 76.1 cm³/mol. The van der Waals surface area contributed by atoms with Gasteiger partial charge in [-0.2, -0.15) is 5.26 Å². The van der Waals surface area contributed by atoms with Crippen molar-refractivity contribution in [3.63, 3.8) is 0 Å². The molecule has 0 N–H and O–H groups in total. The van der Waals surface area contributed by atoms with Crippen molar-refractivity contribution in [3.8, 4) is 6.07 Å². The molecule has 1 aromatic heterocycles. The van der Waals surface area contributed by atoms with E-state index in [1.54, 1.807) is 0 Å². The number of benzene rings is 1. The molecule has 96 valence electrons. The fourth-order valence-electron chi connectivity index (χ4n) is 2.38. The van der Waals surface area contributed by atoms with Crippen LogP contribution in [0.2, 0.25) is 0 Å². The first-order valence-electron chi connectivity index (χ1n) is 6.40. The molecule has 0 bridgehead atoms. The number of fused-ring (bicyclic) bond motifs is 1. The molecule has 4 nitrogen and oxygen atoms in total. The van der Waals surface area contributed by atoms with Crippen molar-refractivity contribution in [2.24, 2.45) is 0 Å². The van der Waals surface area contributed by atoms with Crippen molar-refractivity contribution in [1.29, 1.82) is 5.26 Å². The van der Waals surface area contributed by atoms with Crippen molar-refractivity contribution in [1.82, 2.24) is 9.88 Å². The number of hydrogen-bond acceptors (Lipinski definition) is 4. The van der Waals surface area contributed by atoms with Gasteiger partial charge >= 0.3 is 0 Å². The number of nitriles is 1. The fourth-order valence-corrected chi connectivity index (χ4v) is 2.38. The quantitative estimate of drug-likeness (QED) is 0.818. The van der Waals surface area contributed by atoms with Gasteiger partial charge in [0.1, 0.15) is 11.9 Å². The van der Waals surface area contributed by atoms with Crippen LogP contribution in [0.3, 0.4) is 0 Å². The lowest BCUT2D eigenvalue weighted by molar-refractivity contribution is 0.246. The van der Waals surface area contributed by atoms with Crippen molar-refractivity contribution < 1.29 is 0 Å². The Morgan fingerprint density at radius 2 is 2.05 bits per heavy atom. The zero-order chi connectivity index (χ0) is 13.4. The number of pyridine rings is 1. The standard InChI is InChI=1S/C15H16N4/c1-18(2)13-9-19(10-13)15-12(8-16)7-11-5-3-4-6-14(11)17-15/h3-7,13H,9-10H2,1-2H3. The number of likely N-dealkylation sites (N-methyl/N-ethyl adjacent to an activating group) is 1. The molecule has 2 aromatic rings. The Morgan fingerprint density at radius 1 is 1.32 bits per heavy atom. The number of rotatable bonds is 2. The molecule has 0 amide bonds. The maximum Gasteiger partial charge on any atom is 0.147 e. The number of anilines is 1. The van der Waals surface area contributed by atoms with Crippen LogP contribution in [0.15, 0.2) is 30.3 Å². The molecule has 0 unspecified atom stereocenters. The first-order valence-corrected chi connectivity index (χ1v) is 6.40. The first kappa shape index (κ1) is 11.9. The van der Waals surface area contributed by atoms with Crippen molar-refractivity contribution in [3.05, 3.63) is 35.9 Å². The van der Waals surface area contributed by atoms with Crippen molar-refractivity contribution >= 4 is 16.7 Å². The minimum atomic E-state index is 0.555. The SMILES string of the molecule is CN(C)C1CN(c2nc3ccccc3cc2C#N)C1. The number of hydrogen-bond donors (Lipinski definition) is 0. The topological polar surface area (TPSA) is 43.2 Å². The minimum absolute atomic E-state index is 0.555. The molecule has 2 heterocycles. The molecular formula is C15H16N4. The van der Waals surface area contributed by atoms with Gasteiger partial charge in [0.15, 0.2) is 0 Å². The van der Waals surface area contributed by atoms with Crippen LogP contribution in [0, 0.1) is 11.3 Å². The molecule has 0 atom stereocenters. The van der Waals surface area contributed by atoms with Gasteiger partial charge in [0.25, 0.3) is 0 Å². The molecule has 1 aliphatic rings. The van der Waals surface area contributed by atoms with Crippen LogP contribution < -0.4 is 4.90 Å². The smallest absolute Gasteiger partial charge is 0.147 e. The van der Waals surface area contributed by atoms with Crippen LogP contribution in [-0.4, -0.2) is 43.1 Å². The summed E-state index contributed by atoms with van der Waals surface area (Å²) in [7, 11) is 4.17. The molecule has 3 rings (SSSR count). The molecular weight excluding hydrogens is 236 g/mol. The van der Waals surface area contributed by atoms with Crippen LogP contribution in [0.4, 0.5) is 5.82 Å². The normalized spacial score (nSPS) is 15.6. The second-order valence-corrected chi connectivity index (χ2v) is 5.19. The van der Waals surface area contributed by atoms with Crippen molar-refractivity contribution in [2.45, 2.75) is 6.04 Å². The Morgan fingerprint density at radius 3 is 2.74 bits per heavy atom. The average Bonchev–Trinajstić information content (AvgIpc) is 2.35. The highest BCUT2D eigenvalue weighted by molar-refractivity contribution is 5.83. The molecule has 1 fully saturated rings. The summed E-state index contributed by atoms with van der Waals surface area (Å²) in [5.41, 5.74) is 1.61. The first-order chi connectivity index (χ1) is 9.19. The lowest BCUT2D eigenvalue weighted by Crippen LogP contribution is -2.58. The van der Waals surface area contributed by atoms with E-state index in [2.05, 4.69) is 34.9 Å². The summed E-state index contributed by atoms with van der Waals surface area (Å²) in [6.45, 7) is 1.88. The third-order valence-corrected chi connectivity index (χ3v) is 3.72. The zero-order valence-electron chi connectivity index (χ0n) is 11.2. The van der Waals surface area contributed by atoms with Gasteiger partial charge in [0, 0.05) is 24.5 Å². The zero-order valence-corrected chi connectivity index (χ0v) is 11.2. The van der Waals surface area contributed by atoms with Gasteiger partial charge < -0.3 is 9.80 Å². The Hall–Kier alpha value is -2.12. The van der Waals surface area contributed by atoms with E-state index >= 15 is 0 Å². The number of para-hydroxylation sites is 1.